The molecule has 0 N–H and O–H groups in total. The summed E-state index contributed by atoms with van der Waals surface area (Å²) in [6.07, 6.45) is -14.0. The Morgan fingerprint density at radius 1 is 0.600 bits per heavy atom. The highest BCUT2D eigenvalue weighted by Crippen LogP contribution is 2.56. The molecule has 0 atom stereocenters. The minimum Gasteiger partial charge on any atom is -0.223 e. The van der Waals surface area contributed by atoms with E-state index in [0.29, 0.717) is 0 Å². The summed E-state index contributed by atoms with van der Waals surface area (Å²) in [5.41, 5.74) is -5.04. The molecular weight excluding hydrogens is 464 g/mol. The quantitative estimate of drug-likeness (QED) is 0.266. The fourth-order valence-electron chi connectivity index (χ4n) is 2.47. The normalized spacial score (nSPS) is 13.8. The maximum atomic E-state index is 14.4. The van der Waals surface area contributed by atoms with Gasteiger partial charge < -0.3 is 0 Å². The van der Waals surface area contributed by atoms with Gasteiger partial charge in [-0.3, -0.25) is 0 Å². The van der Waals surface area contributed by atoms with E-state index in [4.69, 9.17) is 0 Å². The average molecular weight is 476 g/mol. The molecule has 0 spiro atoms. The molecule has 2 rings (SSSR count). The van der Waals surface area contributed by atoms with Crippen molar-refractivity contribution in [1.29, 1.82) is 0 Å². The predicted molar refractivity (Wildman–Crippen MR) is 88.3 cm³/mol. The molecular formula is C17H12F7I. The van der Waals surface area contributed by atoms with Crippen LogP contribution in [0.15, 0.2) is 60.7 Å². The highest BCUT2D eigenvalue weighted by atomic mass is 127. The molecule has 0 saturated carbocycles. The minimum absolute atomic E-state index is 0.150. The predicted octanol–water partition coefficient (Wildman–Crippen LogP) is 6.59. The van der Waals surface area contributed by atoms with Crippen LogP contribution in [-0.2, 0) is 3.42 Å². The molecule has 0 radical (unpaired) electrons. The van der Waals surface area contributed by atoms with Crippen molar-refractivity contribution < 1.29 is 30.7 Å². The van der Waals surface area contributed by atoms with Crippen LogP contribution in [0.5, 0.6) is 0 Å². The van der Waals surface area contributed by atoms with Gasteiger partial charge in [0.05, 0.1) is 3.42 Å². The molecule has 0 amide bonds. The second-order valence-corrected chi connectivity index (χ2v) is 7.35. The van der Waals surface area contributed by atoms with Gasteiger partial charge in [-0.2, -0.15) is 26.3 Å². The van der Waals surface area contributed by atoms with E-state index in [9.17, 15) is 30.7 Å². The van der Waals surface area contributed by atoms with Crippen molar-refractivity contribution in [3.63, 3.8) is 0 Å². The Morgan fingerprint density at radius 2 is 0.920 bits per heavy atom. The molecule has 0 fully saturated rings. The highest BCUT2D eigenvalue weighted by Gasteiger charge is 2.74. The molecule has 0 saturated heterocycles. The van der Waals surface area contributed by atoms with Gasteiger partial charge >= 0.3 is 18.0 Å². The number of alkyl halides is 8. The van der Waals surface area contributed by atoms with Crippen molar-refractivity contribution in [3.8, 4) is 0 Å². The van der Waals surface area contributed by atoms with E-state index >= 15 is 0 Å². The fraction of sp³-hybridized carbons (Fsp3) is 0.294. The van der Waals surface area contributed by atoms with Gasteiger partial charge in [0.1, 0.15) is 0 Å². The van der Waals surface area contributed by atoms with Gasteiger partial charge in [-0.15, -0.1) is 0 Å². The van der Waals surface area contributed by atoms with Crippen LogP contribution in [-0.4, -0.2) is 18.0 Å². The Labute approximate surface area is 153 Å². The van der Waals surface area contributed by atoms with Gasteiger partial charge in [0.25, 0.3) is 0 Å². The Balaban J connectivity index is 2.65. The lowest BCUT2D eigenvalue weighted by Gasteiger charge is -2.38. The first-order valence-electron chi connectivity index (χ1n) is 7.04. The van der Waals surface area contributed by atoms with Gasteiger partial charge in [0, 0.05) is 6.42 Å². The molecule has 2 aromatic rings. The van der Waals surface area contributed by atoms with Crippen molar-refractivity contribution in [2.45, 2.75) is 27.9 Å². The third-order valence-corrected chi connectivity index (χ3v) is 5.48. The van der Waals surface area contributed by atoms with Crippen LogP contribution in [0.1, 0.15) is 17.5 Å². The van der Waals surface area contributed by atoms with E-state index in [2.05, 4.69) is 0 Å². The molecule has 0 aliphatic heterocycles. The van der Waals surface area contributed by atoms with Gasteiger partial charge in [0.15, 0.2) is 0 Å². The Hall–Kier alpha value is -1.32. The molecule has 0 aliphatic rings. The second kappa shape index (κ2) is 6.77. The first-order chi connectivity index (χ1) is 11.4. The molecule has 8 heteroatoms. The smallest absolute Gasteiger partial charge is 0.223 e. The van der Waals surface area contributed by atoms with Gasteiger partial charge in [-0.05, 0) is 11.1 Å². The second-order valence-electron chi connectivity index (χ2n) is 5.51. The zero-order chi connectivity index (χ0) is 18.9. The van der Waals surface area contributed by atoms with Crippen molar-refractivity contribution in [1.82, 2.24) is 0 Å². The van der Waals surface area contributed by atoms with E-state index in [1.54, 1.807) is 12.1 Å². The van der Waals surface area contributed by atoms with Crippen LogP contribution in [0.2, 0.25) is 0 Å². The monoisotopic (exact) mass is 476 g/mol. The van der Waals surface area contributed by atoms with Crippen LogP contribution in [0.3, 0.4) is 0 Å². The number of benzene rings is 2. The summed E-state index contributed by atoms with van der Waals surface area (Å²) < 4.78 is 90.9. The number of hydrogen-bond acceptors (Lipinski definition) is 0. The molecule has 0 aliphatic carbocycles. The number of hydrogen-bond donors (Lipinski definition) is 0. The van der Waals surface area contributed by atoms with Crippen LogP contribution >= 0.6 is 22.6 Å². The summed E-state index contributed by atoms with van der Waals surface area (Å²) in [7, 11) is 0. The third-order valence-electron chi connectivity index (χ3n) is 3.85. The average Bonchev–Trinajstić information content (AvgIpc) is 2.54. The van der Waals surface area contributed by atoms with E-state index in [1.165, 1.54) is 71.1 Å². The van der Waals surface area contributed by atoms with Gasteiger partial charge in [0.2, 0.25) is 0 Å². The highest BCUT2D eigenvalue weighted by molar-refractivity contribution is 14.1. The lowest BCUT2D eigenvalue weighted by Crippen LogP contribution is -2.56. The van der Waals surface area contributed by atoms with Crippen molar-refractivity contribution in [2.75, 3.05) is 0 Å². The van der Waals surface area contributed by atoms with E-state index in [-0.39, 0.29) is 11.1 Å². The summed E-state index contributed by atoms with van der Waals surface area (Å²) in [6.45, 7) is 0. The summed E-state index contributed by atoms with van der Waals surface area (Å²) in [5.74, 6) is 0. The SMILES string of the molecule is FC(F)(F)C(F)(CC(I)(c1ccccc1)c1ccccc1)C(F)(F)F. The summed E-state index contributed by atoms with van der Waals surface area (Å²) in [6, 6.07) is 14.6. The van der Waals surface area contributed by atoms with Crippen LogP contribution < -0.4 is 0 Å². The Kier molecular flexibility index (Phi) is 5.42. The third kappa shape index (κ3) is 3.78. The van der Waals surface area contributed by atoms with Crippen molar-refractivity contribution in [3.05, 3.63) is 71.8 Å². The minimum atomic E-state index is -6.09. The molecule has 25 heavy (non-hydrogen) atoms. The molecule has 0 aromatic heterocycles. The van der Waals surface area contributed by atoms with E-state index < -0.39 is 27.9 Å². The molecule has 0 nitrogen and oxygen atoms in total. The maximum Gasteiger partial charge on any atom is 0.431 e. The molecule has 0 unspecified atom stereocenters. The van der Waals surface area contributed by atoms with Crippen molar-refractivity contribution in [2.24, 2.45) is 0 Å². The summed E-state index contributed by atoms with van der Waals surface area (Å²) in [4.78, 5) is 0. The topological polar surface area (TPSA) is 0 Å². The molecule has 136 valence electrons. The van der Waals surface area contributed by atoms with Gasteiger partial charge in [-0.1, -0.05) is 83.3 Å². The maximum absolute atomic E-state index is 14.4. The zero-order valence-electron chi connectivity index (χ0n) is 12.5. The number of rotatable bonds is 4. The van der Waals surface area contributed by atoms with E-state index in [0.717, 1.165) is 0 Å². The molecule has 0 bridgehead atoms. The standard InChI is InChI=1S/C17H12F7I/c18-15(16(19,20)21,17(22,23)24)11-14(25,12-7-3-1-4-8-12)13-9-5-2-6-10-13/h1-10H,11H2. The summed E-state index contributed by atoms with van der Waals surface area (Å²) >= 11 is 1.47. The first kappa shape index (κ1) is 20.0. The Bertz CT molecular complexity index is 639. The fourth-order valence-corrected chi connectivity index (χ4v) is 3.72. The molecule has 2 aromatic carbocycles. The van der Waals surface area contributed by atoms with Crippen molar-refractivity contribution >= 4 is 22.6 Å². The largest absolute Gasteiger partial charge is 0.431 e. The Morgan fingerprint density at radius 3 is 1.20 bits per heavy atom. The van der Waals surface area contributed by atoms with Crippen LogP contribution in [0.4, 0.5) is 30.7 Å². The van der Waals surface area contributed by atoms with E-state index in [1.807, 2.05) is 0 Å². The zero-order valence-corrected chi connectivity index (χ0v) is 14.7. The summed E-state index contributed by atoms with van der Waals surface area (Å²) in [5, 5.41) is 0. The van der Waals surface area contributed by atoms with Crippen LogP contribution in [0.25, 0.3) is 0 Å². The first-order valence-corrected chi connectivity index (χ1v) is 8.12. The van der Waals surface area contributed by atoms with Crippen LogP contribution in [0, 0.1) is 0 Å². The van der Waals surface area contributed by atoms with Gasteiger partial charge in [-0.25, -0.2) is 4.39 Å². The molecule has 0 heterocycles. The lowest BCUT2D eigenvalue weighted by atomic mass is 9.81. The lowest BCUT2D eigenvalue weighted by molar-refractivity contribution is -0.344. The number of halogens is 8.